The van der Waals surface area contributed by atoms with E-state index in [-0.39, 0.29) is 13.4 Å². The van der Waals surface area contributed by atoms with Crippen molar-refractivity contribution in [3.05, 3.63) is 191 Å². The molecule has 0 aliphatic carbocycles. The molecule has 8 aromatic carbocycles. The van der Waals surface area contributed by atoms with Crippen LogP contribution in [0.1, 0.15) is 33.4 Å². The van der Waals surface area contributed by atoms with Gasteiger partial charge in [0.1, 0.15) is 0 Å². The van der Waals surface area contributed by atoms with Crippen LogP contribution >= 0.6 is 0 Å². The number of aryl methyl sites for hydroxylation is 6. The molecule has 0 bridgehead atoms. The summed E-state index contributed by atoms with van der Waals surface area (Å²) in [5.74, 6) is 0. The van der Waals surface area contributed by atoms with Crippen molar-refractivity contribution in [2.45, 2.75) is 41.5 Å². The summed E-state index contributed by atoms with van der Waals surface area (Å²) in [5, 5.41) is 5.07. The molecule has 4 heteroatoms. The van der Waals surface area contributed by atoms with Gasteiger partial charge >= 0.3 is 0 Å². The number of para-hydroxylation sites is 3. The molecule has 1 aliphatic rings. The van der Waals surface area contributed by atoms with Crippen molar-refractivity contribution < 1.29 is 0 Å². The van der Waals surface area contributed by atoms with E-state index in [1.807, 2.05) is 0 Å². The quantitative estimate of drug-likeness (QED) is 0.159. The highest BCUT2D eigenvalue weighted by atomic mass is 15.0. The SMILES string of the molecule is Cc1cc(C)c(B2c3ccccc3B(c3c(C)cc(C)cc3C)c3cc(-n4c5ccccc5c5cc(-n6c7ccccc7c7ccccc76)ccc54)ccc32)c(C)c1. The van der Waals surface area contributed by atoms with Crippen LogP contribution in [-0.2, 0) is 0 Å². The van der Waals surface area contributed by atoms with E-state index in [2.05, 4.69) is 208 Å². The zero-order valence-corrected chi connectivity index (χ0v) is 34.1. The third-order valence-corrected chi connectivity index (χ3v) is 13.1. The lowest BCUT2D eigenvalue weighted by Crippen LogP contribution is -2.75. The van der Waals surface area contributed by atoms with Gasteiger partial charge in [-0.2, -0.15) is 0 Å². The van der Waals surface area contributed by atoms with Crippen molar-refractivity contribution in [1.29, 1.82) is 0 Å². The fraction of sp³-hybridized carbons (Fsp3) is 0.111. The van der Waals surface area contributed by atoms with Gasteiger partial charge in [-0.1, -0.05) is 175 Å². The molecule has 0 radical (unpaired) electrons. The first-order valence-corrected chi connectivity index (χ1v) is 20.7. The van der Waals surface area contributed by atoms with Gasteiger partial charge in [-0.05, 0) is 90.1 Å². The molecule has 0 N–H and O–H groups in total. The number of hydrogen-bond acceptors (Lipinski definition) is 0. The normalized spacial score (nSPS) is 12.6. The molecule has 0 spiro atoms. The van der Waals surface area contributed by atoms with Crippen LogP contribution in [0.3, 0.4) is 0 Å². The second-order valence-electron chi connectivity index (χ2n) is 16.9. The Bertz CT molecular complexity index is 3230. The third-order valence-electron chi connectivity index (χ3n) is 13.1. The predicted octanol–water partition coefficient (Wildman–Crippen LogP) is 9.08. The molecule has 10 aromatic rings. The molecule has 276 valence electrons. The van der Waals surface area contributed by atoms with Gasteiger partial charge in [-0.15, -0.1) is 0 Å². The lowest BCUT2D eigenvalue weighted by atomic mass is 9.20. The van der Waals surface area contributed by atoms with Gasteiger partial charge in [-0.25, -0.2) is 0 Å². The Labute approximate surface area is 341 Å². The molecule has 0 amide bonds. The van der Waals surface area contributed by atoms with Crippen LogP contribution in [0.4, 0.5) is 0 Å². The average Bonchev–Trinajstić information content (AvgIpc) is 3.73. The molecule has 0 saturated heterocycles. The highest BCUT2D eigenvalue weighted by Gasteiger charge is 2.40. The molecule has 3 heterocycles. The Hall–Kier alpha value is -6.51. The van der Waals surface area contributed by atoms with E-state index in [1.165, 1.54) is 121 Å². The second kappa shape index (κ2) is 13.0. The summed E-state index contributed by atoms with van der Waals surface area (Å²) in [6.45, 7) is 13.9. The van der Waals surface area contributed by atoms with E-state index in [4.69, 9.17) is 0 Å². The predicted molar refractivity (Wildman–Crippen MR) is 252 cm³/mol. The van der Waals surface area contributed by atoms with Crippen molar-refractivity contribution in [1.82, 2.24) is 9.13 Å². The molecule has 0 saturated carbocycles. The van der Waals surface area contributed by atoms with Crippen LogP contribution in [0.2, 0.25) is 0 Å². The molecule has 0 atom stereocenters. The molecule has 0 unspecified atom stereocenters. The Kier molecular flexibility index (Phi) is 7.79. The molecule has 1 aliphatic heterocycles. The van der Waals surface area contributed by atoms with E-state index in [0.717, 1.165) is 0 Å². The maximum Gasteiger partial charge on any atom is 0.240 e. The lowest BCUT2D eigenvalue weighted by molar-refractivity contribution is 1.17. The van der Waals surface area contributed by atoms with E-state index >= 15 is 0 Å². The number of benzene rings is 8. The van der Waals surface area contributed by atoms with Gasteiger partial charge in [0.15, 0.2) is 0 Å². The fourth-order valence-electron chi connectivity index (χ4n) is 11.1. The zero-order chi connectivity index (χ0) is 39.4. The largest absolute Gasteiger partial charge is 0.309 e. The summed E-state index contributed by atoms with van der Waals surface area (Å²) in [6, 6.07) is 59.7. The Morgan fingerprint density at radius 1 is 0.310 bits per heavy atom. The maximum absolute atomic E-state index is 2.54. The minimum absolute atomic E-state index is 0.101. The van der Waals surface area contributed by atoms with Crippen LogP contribution in [0.5, 0.6) is 0 Å². The highest BCUT2D eigenvalue weighted by Crippen LogP contribution is 2.36. The van der Waals surface area contributed by atoms with Crippen LogP contribution in [-0.4, -0.2) is 22.6 Å². The summed E-state index contributed by atoms with van der Waals surface area (Å²) < 4.78 is 4.93. The van der Waals surface area contributed by atoms with Gasteiger partial charge < -0.3 is 9.13 Å². The Morgan fingerprint density at radius 3 is 1.17 bits per heavy atom. The van der Waals surface area contributed by atoms with Crippen molar-refractivity contribution in [3.63, 3.8) is 0 Å². The number of hydrogen-bond donors (Lipinski definition) is 0. The van der Waals surface area contributed by atoms with Crippen molar-refractivity contribution in [3.8, 4) is 11.4 Å². The second-order valence-corrected chi connectivity index (χ2v) is 16.9. The molecule has 2 aromatic heterocycles. The minimum atomic E-state index is 0.101. The van der Waals surface area contributed by atoms with E-state index < -0.39 is 0 Å². The third kappa shape index (κ3) is 5.07. The minimum Gasteiger partial charge on any atom is -0.309 e. The van der Waals surface area contributed by atoms with Gasteiger partial charge in [0.05, 0.1) is 22.1 Å². The smallest absolute Gasteiger partial charge is 0.240 e. The molecule has 2 nitrogen and oxygen atoms in total. The standard InChI is InChI=1S/C54H44B2N2/c1-33-27-35(3)53(36(4)28-33)55-45-18-10-11-19-46(45)56(54-37(5)29-34(2)30-38(54)6)48-32-40(23-25-47(48)55)58-51-22-14-9-17-43(51)44-31-39(24-26-52(44)58)57-49-20-12-7-15-41(49)42-16-8-13-21-50(42)57/h7-32H,1-6H3. The van der Waals surface area contributed by atoms with Crippen molar-refractivity contribution >= 4 is 89.8 Å². The van der Waals surface area contributed by atoms with Crippen molar-refractivity contribution in [2.24, 2.45) is 0 Å². The van der Waals surface area contributed by atoms with Crippen LogP contribution < -0.4 is 32.8 Å². The number of rotatable bonds is 4. The summed E-state index contributed by atoms with van der Waals surface area (Å²) in [5.41, 5.74) is 23.7. The summed E-state index contributed by atoms with van der Waals surface area (Å²) in [7, 11) is 0. The lowest BCUT2D eigenvalue weighted by Gasteiger charge is -2.35. The highest BCUT2D eigenvalue weighted by molar-refractivity contribution is 7.11. The fourth-order valence-corrected chi connectivity index (χ4v) is 11.1. The van der Waals surface area contributed by atoms with Crippen LogP contribution in [0.25, 0.3) is 55.0 Å². The van der Waals surface area contributed by atoms with Gasteiger partial charge in [0, 0.05) is 32.9 Å². The maximum atomic E-state index is 2.54. The number of fused-ring (bicyclic) bond motifs is 8. The molecule has 0 fully saturated rings. The van der Waals surface area contributed by atoms with E-state index in [0.29, 0.717) is 0 Å². The van der Waals surface area contributed by atoms with Gasteiger partial charge in [0.2, 0.25) is 13.4 Å². The molecular formula is C54H44B2N2. The van der Waals surface area contributed by atoms with Crippen molar-refractivity contribution in [2.75, 3.05) is 0 Å². The van der Waals surface area contributed by atoms with E-state index in [9.17, 15) is 0 Å². The van der Waals surface area contributed by atoms with E-state index in [1.54, 1.807) is 0 Å². The molecule has 11 rings (SSSR count). The van der Waals surface area contributed by atoms with Crippen LogP contribution in [0.15, 0.2) is 158 Å². The monoisotopic (exact) mass is 742 g/mol. The Balaban J connectivity index is 1.18. The topological polar surface area (TPSA) is 9.86 Å². The number of aromatic nitrogens is 2. The van der Waals surface area contributed by atoms with Crippen LogP contribution in [0, 0.1) is 41.5 Å². The number of nitrogens with zero attached hydrogens (tertiary/aromatic N) is 2. The summed E-state index contributed by atoms with van der Waals surface area (Å²) in [4.78, 5) is 0. The van der Waals surface area contributed by atoms with Gasteiger partial charge in [-0.3, -0.25) is 0 Å². The summed E-state index contributed by atoms with van der Waals surface area (Å²) in [6.07, 6.45) is 0. The van der Waals surface area contributed by atoms with Gasteiger partial charge in [0.25, 0.3) is 0 Å². The zero-order valence-electron chi connectivity index (χ0n) is 34.1. The summed E-state index contributed by atoms with van der Waals surface area (Å²) >= 11 is 0. The average molecular weight is 743 g/mol. The Morgan fingerprint density at radius 2 is 0.672 bits per heavy atom. The molecular weight excluding hydrogens is 698 g/mol. The first-order valence-electron chi connectivity index (χ1n) is 20.7. The molecule has 58 heavy (non-hydrogen) atoms. The first-order chi connectivity index (χ1) is 28.3. The first kappa shape index (κ1) is 34.7.